The molecule has 0 aliphatic carbocycles. The van der Waals surface area contributed by atoms with Crippen LogP contribution in [-0.4, -0.2) is 74.1 Å². The highest BCUT2D eigenvalue weighted by Gasteiger charge is 2.49. The molecule has 3 aromatic carbocycles. The molecule has 5 atom stereocenters. The normalized spacial score (nSPS) is 20.3. The number of nitrogens with one attached hydrogen (secondary N) is 1. The van der Waals surface area contributed by atoms with Gasteiger partial charge in [0.25, 0.3) is 0 Å². The van der Waals surface area contributed by atoms with Gasteiger partial charge >= 0.3 is 0 Å². The topological polar surface area (TPSA) is 119 Å². The number of rotatable bonds is 21. The number of methoxy groups -OCH3 is 1. The Balaban J connectivity index is 1.26. The maximum absolute atomic E-state index is 6.82. The van der Waals surface area contributed by atoms with Gasteiger partial charge in [-0.1, -0.05) is 78.9 Å². The van der Waals surface area contributed by atoms with E-state index in [2.05, 4.69) is 40.3 Å². The number of H-pyrrole nitrogens is 1. The number of hydrogen-bond acceptors (Lipinski definition) is 9. The first-order valence-electron chi connectivity index (χ1n) is 18.2. The Kier molecular flexibility index (Phi) is 14.6. The molecule has 2 aromatic heterocycles. The fourth-order valence-electron chi connectivity index (χ4n) is 6.41. The summed E-state index contributed by atoms with van der Waals surface area (Å²) in [6.45, 7) is 2.95. The van der Waals surface area contributed by atoms with E-state index in [1.54, 1.807) is 13.3 Å². The second-order valence-electron chi connectivity index (χ2n) is 13.0. The lowest BCUT2D eigenvalue weighted by Gasteiger charge is -2.46. The van der Waals surface area contributed by atoms with Gasteiger partial charge in [-0.2, -0.15) is 0 Å². The molecule has 5 aromatic rings. The van der Waals surface area contributed by atoms with Crippen molar-refractivity contribution in [1.29, 1.82) is 0 Å². The number of ether oxygens (including phenoxy) is 7. The Morgan fingerprint density at radius 2 is 1.38 bits per heavy atom. The first-order valence-corrected chi connectivity index (χ1v) is 18.2. The quantitative estimate of drug-likeness (QED) is 0.0797. The van der Waals surface area contributed by atoms with Crippen LogP contribution in [0.3, 0.4) is 0 Å². The molecule has 0 unspecified atom stereocenters. The minimum atomic E-state index is -0.747. The zero-order chi connectivity index (χ0) is 35.8. The van der Waals surface area contributed by atoms with Crippen LogP contribution < -0.4 is 10.5 Å². The summed E-state index contributed by atoms with van der Waals surface area (Å²) in [5.41, 5.74) is 11.0. The predicted molar refractivity (Wildman–Crippen MR) is 200 cm³/mol. The molecular weight excluding hydrogens is 658 g/mol. The number of aromatic amines is 1. The standard InChI is InChI=1S/C42H51N3O7/c1-46-38-20-19-33(25-45-38)29-49-39-37(30-47-23-12-4-11-22-43)52-42(48-24-21-34-26-44-36-18-10-9-17-35(34)36)41(51-28-32-15-7-3-8-16-32)40(39)50-27-31-13-5-2-6-14-31/h2-3,5-10,13-20,25-26,37,39-42,44H,4,11-12,21-24,27-30,43H2,1H3/t37-,39-,40+,41-,42-/m1/s1. The first kappa shape index (κ1) is 37.6. The zero-order valence-corrected chi connectivity index (χ0v) is 29.9. The van der Waals surface area contributed by atoms with Crippen LogP contribution in [0.25, 0.3) is 10.9 Å². The van der Waals surface area contributed by atoms with E-state index in [1.807, 2.05) is 72.9 Å². The number of pyridine rings is 1. The van der Waals surface area contributed by atoms with Crippen LogP contribution in [0.1, 0.15) is 41.5 Å². The van der Waals surface area contributed by atoms with Crippen LogP contribution in [0.5, 0.6) is 5.88 Å². The van der Waals surface area contributed by atoms with E-state index in [4.69, 9.17) is 38.9 Å². The minimum absolute atomic E-state index is 0.278. The molecule has 10 nitrogen and oxygen atoms in total. The summed E-state index contributed by atoms with van der Waals surface area (Å²) < 4.78 is 45.2. The molecule has 1 fully saturated rings. The molecule has 0 spiro atoms. The van der Waals surface area contributed by atoms with Gasteiger partial charge in [0.15, 0.2) is 6.29 Å². The molecule has 0 amide bonds. The smallest absolute Gasteiger partial charge is 0.212 e. The Hall–Kier alpha value is -4.13. The molecule has 52 heavy (non-hydrogen) atoms. The second kappa shape index (κ2) is 20.2. The predicted octanol–water partition coefficient (Wildman–Crippen LogP) is 6.76. The molecule has 1 aliphatic heterocycles. The summed E-state index contributed by atoms with van der Waals surface area (Å²) in [5.74, 6) is 0.539. The van der Waals surface area contributed by atoms with E-state index in [0.29, 0.717) is 51.9 Å². The fraction of sp³-hybridized carbons (Fsp3) is 0.405. The maximum Gasteiger partial charge on any atom is 0.212 e. The van der Waals surface area contributed by atoms with E-state index in [1.165, 1.54) is 10.9 Å². The summed E-state index contributed by atoms with van der Waals surface area (Å²) in [6, 6.07) is 32.3. The number of fused-ring (bicyclic) bond motifs is 1. The van der Waals surface area contributed by atoms with Gasteiger partial charge < -0.3 is 43.9 Å². The van der Waals surface area contributed by atoms with Crippen molar-refractivity contribution >= 4 is 10.9 Å². The maximum atomic E-state index is 6.82. The summed E-state index contributed by atoms with van der Waals surface area (Å²) in [7, 11) is 1.60. The largest absolute Gasteiger partial charge is 0.481 e. The van der Waals surface area contributed by atoms with Crippen molar-refractivity contribution in [2.24, 2.45) is 5.73 Å². The van der Waals surface area contributed by atoms with Crippen LogP contribution in [0.4, 0.5) is 0 Å². The van der Waals surface area contributed by atoms with Crippen LogP contribution in [0.15, 0.2) is 109 Å². The molecule has 1 aliphatic rings. The molecule has 3 N–H and O–H groups in total. The third kappa shape index (κ3) is 10.7. The number of para-hydroxylation sites is 1. The monoisotopic (exact) mass is 709 g/mol. The molecule has 6 rings (SSSR count). The van der Waals surface area contributed by atoms with E-state index in [-0.39, 0.29) is 6.61 Å². The van der Waals surface area contributed by atoms with E-state index < -0.39 is 30.7 Å². The van der Waals surface area contributed by atoms with Crippen LogP contribution in [-0.2, 0) is 54.7 Å². The lowest BCUT2D eigenvalue weighted by atomic mass is 9.97. The van der Waals surface area contributed by atoms with Gasteiger partial charge in [0.2, 0.25) is 5.88 Å². The van der Waals surface area contributed by atoms with Crippen molar-refractivity contribution in [3.05, 3.63) is 132 Å². The third-order valence-corrected chi connectivity index (χ3v) is 9.21. The lowest BCUT2D eigenvalue weighted by molar-refractivity contribution is -0.328. The SMILES string of the molecule is COc1ccc(CO[C@H]2[C@H](OCc3ccccc3)[C@@H](OCc3ccccc3)[C@H](OCCc3c[nH]c4ccccc34)O[C@@H]2COCCCCCN)cn1. The van der Waals surface area contributed by atoms with Crippen molar-refractivity contribution in [3.63, 3.8) is 0 Å². The van der Waals surface area contributed by atoms with Crippen molar-refractivity contribution in [2.45, 2.75) is 76.2 Å². The van der Waals surface area contributed by atoms with Gasteiger partial charge in [0.05, 0.1) is 40.1 Å². The molecular formula is C42H51N3O7. The van der Waals surface area contributed by atoms with Gasteiger partial charge in [0, 0.05) is 36.0 Å². The van der Waals surface area contributed by atoms with Gasteiger partial charge in [-0.05, 0) is 66.6 Å². The van der Waals surface area contributed by atoms with Crippen LogP contribution in [0, 0.1) is 0 Å². The molecule has 0 saturated carbocycles. The highest BCUT2D eigenvalue weighted by molar-refractivity contribution is 5.83. The molecule has 3 heterocycles. The van der Waals surface area contributed by atoms with Crippen LogP contribution in [0.2, 0.25) is 0 Å². The number of aromatic nitrogens is 2. The zero-order valence-electron chi connectivity index (χ0n) is 29.9. The Morgan fingerprint density at radius 1 is 0.692 bits per heavy atom. The average molecular weight is 710 g/mol. The molecule has 0 radical (unpaired) electrons. The second-order valence-corrected chi connectivity index (χ2v) is 13.0. The highest BCUT2D eigenvalue weighted by atomic mass is 16.7. The third-order valence-electron chi connectivity index (χ3n) is 9.21. The lowest BCUT2D eigenvalue weighted by Crippen LogP contribution is -2.61. The van der Waals surface area contributed by atoms with E-state index in [9.17, 15) is 0 Å². The summed E-state index contributed by atoms with van der Waals surface area (Å²) in [6.07, 6.45) is 4.39. The Labute approximate surface area is 306 Å². The number of unbranched alkanes of at least 4 members (excludes halogenated alkanes) is 2. The molecule has 10 heteroatoms. The fourth-order valence-corrected chi connectivity index (χ4v) is 6.41. The van der Waals surface area contributed by atoms with E-state index in [0.717, 1.165) is 41.5 Å². The summed E-state index contributed by atoms with van der Waals surface area (Å²) in [4.78, 5) is 7.75. The first-order chi connectivity index (χ1) is 25.7. The number of benzene rings is 3. The number of nitrogens with zero attached hydrogens (tertiary/aromatic N) is 1. The van der Waals surface area contributed by atoms with E-state index >= 15 is 0 Å². The minimum Gasteiger partial charge on any atom is -0.481 e. The summed E-state index contributed by atoms with van der Waals surface area (Å²) >= 11 is 0. The number of nitrogens with two attached hydrogens (primary N) is 1. The Bertz CT molecular complexity index is 1720. The summed E-state index contributed by atoms with van der Waals surface area (Å²) in [5, 5.41) is 1.18. The van der Waals surface area contributed by atoms with Crippen molar-refractivity contribution in [3.8, 4) is 5.88 Å². The number of hydrogen-bond donors (Lipinski definition) is 2. The highest BCUT2D eigenvalue weighted by Crippen LogP contribution is 2.32. The molecule has 0 bridgehead atoms. The average Bonchev–Trinajstić information content (AvgIpc) is 3.61. The van der Waals surface area contributed by atoms with Crippen LogP contribution >= 0.6 is 0 Å². The van der Waals surface area contributed by atoms with Crippen molar-refractivity contribution < 1.29 is 33.2 Å². The van der Waals surface area contributed by atoms with Crippen molar-refractivity contribution in [2.75, 3.05) is 33.5 Å². The van der Waals surface area contributed by atoms with Gasteiger partial charge in [-0.25, -0.2) is 4.98 Å². The van der Waals surface area contributed by atoms with Gasteiger partial charge in [-0.3, -0.25) is 0 Å². The Morgan fingerprint density at radius 3 is 2.10 bits per heavy atom. The van der Waals surface area contributed by atoms with Crippen molar-refractivity contribution in [1.82, 2.24) is 9.97 Å². The van der Waals surface area contributed by atoms with Gasteiger partial charge in [-0.15, -0.1) is 0 Å². The van der Waals surface area contributed by atoms with Gasteiger partial charge in [0.1, 0.15) is 24.4 Å². The molecule has 1 saturated heterocycles. The molecule has 276 valence electrons.